The number of rotatable bonds is 5. The van der Waals surface area contributed by atoms with Gasteiger partial charge in [0.05, 0.1) is 12.3 Å². The maximum Gasteiger partial charge on any atom is 0.107 e. The second-order valence-corrected chi connectivity index (χ2v) is 3.51. The molecule has 0 saturated heterocycles. The smallest absolute Gasteiger partial charge is 0.107 e. The lowest BCUT2D eigenvalue weighted by Crippen LogP contribution is -2.13. The second-order valence-electron chi connectivity index (χ2n) is 2.57. The summed E-state index contributed by atoms with van der Waals surface area (Å²) in [6.07, 6.45) is 1.14. The van der Waals surface area contributed by atoms with E-state index in [1.807, 2.05) is 5.38 Å². The van der Waals surface area contributed by atoms with Crippen LogP contribution in [-0.2, 0) is 13.2 Å². The van der Waals surface area contributed by atoms with Gasteiger partial charge in [0.2, 0.25) is 0 Å². The zero-order chi connectivity index (χ0) is 8.81. The Labute approximate surface area is 76.5 Å². The first-order valence-corrected chi connectivity index (χ1v) is 4.99. The van der Waals surface area contributed by atoms with Gasteiger partial charge in [-0.1, -0.05) is 6.92 Å². The van der Waals surface area contributed by atoms with Gasteiger partial charge in [-0.25, -0.2) is 4.98 Å². The zero-order valence-corrected chi connectivity index (χ0v) is 8.02. The quantitative estimate of drug-likeness (QED) is 0.678. The van der Waals surface area contributed by atoms with Crippen molar-refractivity contribution in [3.05, 3.63) is 16.1 Å². The molecule has 0 radical (unpaired) electrons. The first-order valence-electron chi connectivity index (χ1n) is 4.11. The monoisotopic (exact) mass is 186 g/mol. The van der Waals surface area contributed by atoms with Crippen LogP contribution in [-0.4, -0.2) is 16.6 Å². The van der Waals surface area contributed by atoms with Crippen molar-refractivity contribution in [1.82, 2.24) is 10.3 Å². The average molecular weight is 186 g/mol. The average Bonchev–Trinajstić information content (AvgIpc) is 2.53. The van der Waals surface area contributed by atoms with Crippen molar-refractivity contribution in [2.45, 2.75) is 26.5 Å². The Kier molecular flexibility index (Phi) is 4.21. The predicted molar refractivity (Wildman–Crippen MR) is 50.0 cm³/mol. The molecule has 1 rings (SSSR count). The highest BCUT2D eigenvalue weighted by Crippen LogP contribution is 2.08. The van der Waals surface area contributed by atoms with E-state index in [-0.39, 0.29) is 6.61 Å². The summed E-state index contributed by atoms with van der Waals surface area (Å²) >= 11 is 1.59. The molecule has 68 valence electrons. The molecule has 0 saturated carbocycles. The van der Waals surface area contributed by atoms with E-state index in [0.717, 1.165) is 30.2 Å². The molecule has 4 heteroatoms. The Morgan fingerprint density at radius 2 is 2.50 bits per heavy atom. The molecule has 2 N–H and O–H groups in total. The van der Waals surface area contributed by atoms with E-state index in [2.05, 4.69) is 17.2 Å². The Hall–Kier alpha value is -0.450. The van der Waals surface area contributed by atoms with Crippen LogP contribution in [0.2, 0.25) is 0 Å². The van der Waals surface area contributed by atoms with E-state index in [0.29, 0.717) is 0 Å². The number of nitrogens with zero attached hydrogens (tertiary/aromatic N) is 1. The van der Waals surface area contributed by atoms with Gasteiger partial charge in [0, 0.05) is 11.9 Å². The number of aliphatic hydroxyl groups is 1. The molecule has 0 unspecified atom stereocenters. The summed E-state index contributed by atoms with van der Waals surface area (Å²) in [7, 11) is 0. The normalized spacial score (nSPS) is 10.5. The molecule has 0 atom stereocenters. The molecule has 12 heavy (non-hydrogen) atoms. The number of hydrogen-bond donors (Lipinski definition) is 2. The number of hydrogen-bond acceptors (Lipinski definition) is 4. The third-order valence-corrected chi connectivity index (χ3v) is 2.36. The summed E-state index contributed by atoms with van der Waals surface area (Å²) in [5.41, 5.74) is 0.772. The van der Waals surface area contributed by atoms with Gasteiger partial charge >= 0.3 is 0 Å². The van der Waals surface area contributed by atoms with Gasteiger partial charge < -0.3 is 10.4 Å². The summed E-state index contributed by atoms with van der Waals surface area (Å²) in [6.45, 7) is 4.02. The second kappa shape index (κ2) is 5.24. The van der Waals surface area contributed by atoms with Crippen LogP contribution in [0.3, 0.4) is 0 Å². The molecular formula is C8H14N2OS. The van der Waals surface area contributed by atoms with E-state index in [4.69, 9.17) is 5.11 Å². The van der Waals surface area contributed by atoms with Gasteiger partial charge in [-0.3, -0.25) is 0 Å². The number of aromatic nitrogens is 1. The van der Waals surface area contributed by atoms with E-state index in [9.17, 15) is 0 Å². The molecule has 0 fully saturated rings. The van der Waals surface area contributed by atoms with Crippen LogP contribution < -0.4 is 5.32 Å². The molecule has 1 aromatic heterocycles. The fourth-order valence-electron chi connectivity index (χ4n) is 0.875. The lowest BCUT2D eigenvalue weighted by molar-refractivity contribution is 0.277. The maximum atomic E-state index is 8.75. The highest BCUT2D eigenvalue weighted by molar-refractivity contribution is 7.09. The van der Waals surface area contributed by atoms with Gasteiger partial charge in [0.25, 0.3) is 0 Å². The molecule has 0 aromatic carbocycles. The first kappa shape index (κ1) is 9.64. The van der Waals surface area contributed by atoms with Crippen LogP contribution in [0, 0.1) is 0 Å². The van der Waals surface area contributed by atoms with E-state index >= 15 is 0 Å². The summed E-state index contributed by atoms with van der Waals surface area (Å²) in [5.74, 6) is 0. The molecule has 1 heterocycles. The lowest BCUT2D eigenvalue weighted by Gasteiger charge is -1.97. The maximum absolute atomic E-state index is 8.75. The van der Waals surface area contributed by atoms with Crippen LogP contribution in [0.15, 0.2) is 5.38 Å². The largest absolute Gasteiger partial charge is 0.390 e. The van der Waals surface area contributed by atoms with E-state index < -0.39 is 0 Å². The summed E-state index contributed by atoms with van der Waals surface area (Å²) in [6, 6.07) is 0. The van der Waals surface area contributed by atoms with Crippen molar-refractivity contribution >= 4 is 11.3 Å². The topological polar surface area (TPSA) is 45.2 Å². The van der Waals surface area contributed by atoms with Gasteiger partial charge in [0.15, 0.2) is 0 Å². The SMILES string of the molecule is CCCNCc1nc(CO)cs1. The van der Waals surface area contributed by atoms with Crippen molar-refractivity contribution in [3.8, 4) is 0 Å². The summed E-state index contributed by atoms with van der Waals surface area (Å²) < 4.78 is 0. The van der Waals surface area contributed by atoms with Crippen LogP contribution >= 0.6 is 11.3 Å². The van der Waals surface area contributed by atoms with Crippen molar-refractivity contribution in [2.24, 2.45) is 0 Å². The standard InChI is InChI=1S/C8H14N2OS/c1-2-3-9-4-8-10-7(5-11)6-12-8/h6,9,11H,2-5H2,1H3. The van der Waals surface area contributed by atoms with Crippen molar-refractivity contribution < 1.29 is 5.11 Å². The van der Waals surface area contributed by atoms with Gasteiger partial charge in [-0.05, 0) is 13.0 Å². The minimum absolute atomic E-state index is 0.0459. The third-order valence-electron chi connectivity index (χ3n) is 1.46. The molecular weight excluding hydrogens is 172 g/mol. The predicted octanol–water partition coefficient (Wildman–Crippen LogP) is 1.13. The molecule has 0 aliphatic rings. The highest BCUT2D eigenvalue weighted by Gasteiger charge is 1.98. The fraction of sp³-hybridized carbons (Fsp3) is 0.625. The fourth-order valence-corrected chi connectivity index (χ4v) is 1.63. The lowest BCUT2D eigenvalue weighted by atomic mass is 10.5. The molecule has 3 nitrogen and oxygen atoms in total. The molecule has 0 spiro atoms. The Morgan fingerprint density at radius 3 is 3.08 bits per heavy atom. The highest BCUT2D eigenvalue weighted by atomic mass is 32.1. The van der Waals surface area contributed by atoms with Crippen LogP contribution in [0.5, 0.6) is 0 Å². The van der Waals surface area contributed by atoms with E-state index in [1.165, 1.54) is 0 Å². The summed E-state index contributed by atoms with van der Waals surface area (Å²) in [5, 5.41) is 14.9. The first-order chi connectivity index (χ1) is 5.86. The third kappa shape index (κ3) is 2.89. The van der Waals surface area contributed by atoms with Gasteiger partial charge in [-0.2, -0.15) is 0 Å². The van der Waals surface area contributed by atoms with Crippen molar-refractivity contribution in [3.63, 3.8) is 0 Å². The van der Waals surface area contributed by atoms with Crippen LogP contribution in [0.4, 0.5) is 0 Å². The molecule has 0 aliphatic heterocycles. The zero-order valence-electron chi connectivity index (χ0n) is 7.21. The Morgan fingerprint density at radius 1 is 1.67 bits per heavy atom. The summed E-state index contributed by atoms with van der Waals surface area (Å²) in [4.78, 5) is 4.21. The molecule has 0 bridgehead atoms. The molecule has 1 aromatic rings. The Balaban J connectivity index is 2.31. The van der Waals surface area contributed by atoms with Crippen LogP contribution in [0.1, 0.15) is 24.0 Å². The number of aliphatic hydroxyl groups excluding tert-OH is 1. The Bertz CT molecular complexity index is 225. The van der Waals surface area contributed by atoms with E-state index in [1.54, 1.807) is 11.3 Å². The van der Waals surface area contributed by atoms with Crippen molar-refractivity contribution in [1.29, 1.82) is 0 Å². The number of thiazole rings is 1. The molecule has 0 aliphatic carbocycles. The molecule has 0 amide bonds. The van der Waals surface area contributed by atoms with Crippen molar-refractivity contribution in [2.75, 3.05) is 6.54 Å². The van der Waals surface area contributed by atoms with Crippen LogP contribution in [0.25, 0.3) is 0 Å². The minimum Gasteiger partial charge on any atom is -0.390 e. The van der Waals surface area contributed by atoms with Gasteiger partial charge in [0.1, 0.15) is 5.01 Å². The number of nitrogens with one attached hydrogen (secondary N) is 1. The van der Waals surface area contributed by atoms with Gasteiger partial charge in [-0.15, -0.1) is 11.3 Å². The minimum atomic E-state index is 0.0459.